The summed E-state index contributed by atoms with van der Waals surface area (Å²) < 4.78 is 0. The van der Waals surface area contributed by atoms with Crippen LogP contribution in [0.15, 0.2) is 79.4 Å². The Kier molecular flexibility index (Phi) is 10.2. The lowest BCUT2D eigenvalue weighted by atomic mass is 9.86. The zero-order valence-corrected chi connectivity index (χ0v) is 20.1. The van der Waals surface area contributed by atoms with Gasteiger partial charge in [-0.3, -0.25) is 24.4 Å². The maximum absolute atomic E-state index is 13.4. The van der Waals surface area contributed by atoms with Crippen molar-refractivity contribution in [2.24, 2.45) is 11.8 Å². The summed E-state index contributed by atoms with van der Waals surface area (Å²) in [6.07, 6.45) is 6.55. The minimum atomic E-state index is -1.51. The molecule has 2 aromatic heterocycles. The number of hydrogen-bond acceptors (Lipinski definition) is 8. The van der Waals surface area contributed by atoms with Gasteiger partial charge in [-0.25, -0.2) is 0 Å². The third-order valence-electron chi connectivity index (χ3n) is 5.86. The predicted octanol–water partition coefficient (Wildman–Crippen LogP) is 2.37. The number of carboxylic acids is 2. The molecule has 37 heavy (non-hydrogen) atoms. The van der Waals surface area contributed by atoms with Crippen LogP contribution in [0.5, 0.6) is 0 Å². The normalized spacial score (nSPS) is 13.5. The van der Waals surface area contributed by atoms with Crippen molar-refractivity contribution in [1.29, 1.82) is 0 Å². The van der Waals surface area contributed by atoms with Gasteiger partial charge in [0.05, 0.1) is 25.0 Å². The van der Waals surface area contributed by atoms with Crippen LogP contribution < -0.4 is 0 Å². The van der Waals surface area contributed by atoms with Crippen LogP contribution in [0.3, 0.4) is 0 Å². The monoisotopic (exact) mass is 507 g/mol. The number of aromatic nitrogens is 2. The SMILES string of the molecule is O=C(O)[C@H](Cc1cccnc1)C[C@@H](Cc1cccnc1)C(=O)ON(Cc1ccccc1)[C@@H](CO)C(=O)O. The van der Waals surface area contributed by atoms with E-state index in [-0.39, 0.29) is 25.8 Å². The van der Waals surface area contributed by atoms with Gasteiger partial charge in [0.1, 0.15) is 0 Å². The van der Waals surface area contributed by atoms with Crippen LogP contribution >= 0.6 is 0 Å². The van der Waals surface area contributed by atoms with Gasteiger partial charge in [-0.05, 0) is 48.1 Å². The highest BCUT2D eigenvalue weighted by molar-refractivity contribution is 5.76. The van der Waals surface area contributed by atoms with Crippen molar-refractivity contribution in [2.45, 2.75) is 31.8 Å². The first-order valence-corrected chi connectivity index (χ1v) is 11.7. The van der Waals surface area contributed by atoms with E-state index in [0.717, 1.165) is 5.06 Å². The van der Waals surface area contributed by atoms with E-state index >= 15 is 0 Å². The number of aliphatic hydroxyl groups excluding tert-OH is 1. The summed E-state index contributed by atoms with van der Waals surface area (Å²) >= 11 is 0. The van der Waals surface area contributed by atoms with Crippen LogP contribution in [0.2, 0.25) is 0 Å². The lowest BCUT2D eigenvalue weighted by molar-refractivity contribution is -0.218. The zero-order chi connectivity index (χ0) is 26.6. The number of nitrogens with zero attached hydrogens (tertiary/aromatic N) is 3. The van der Waals surface area contributed by atoms with E-state index in [1.165, 1.54) is 0 Å². The third kappa shape index (κ3) is 8.48. The first-order valence-electron chi connectivity index (χ1n) is 11.7. The molecule has 0 bridgehead atoms. The second kappa shape index (κ2) is 13.8. The molecule has 0 amide bonds. The first-order chi connectivity index (χ1) is 17.9. The Morgan fingerprint density at radius 3 is 1.84 bits per heavy atom. The van der Waals surface area contributed by atoms with E-state index < -0.39 is 42.4 Å². The van der Waals surface area contributed by atoms with Gasteiger partial charge in [0, 0.05) is 24.8 Å². The number of carbonyl (C=O) groups excluding carboxylic acids is 1. The number of carbonyl (C=O) groups is 3. The molecule has 0 saturated carbocycles. The molecule has 194 valence electrons. The molecule has 0 unspecified atom stereocenters. The van der Waals surface area contributed by atoms with E-state index in [4.69, 9.17) is 4.84 Å². The van der Waals surface area contributed by atoms with Gasteiger partial charge in [0.15, 0.2) is 6.04 Å². The number of carboxylic acid groups (broad SMARTS) is 2. The van der Waals surface area contributed by atoms with Crippen molar-refractivity contribution in [3.63, 3.8) is 0 Å². The number of rotatable bonds is 14. The molecular weight excluding hydrogens is 478 g/mol. The van der Waals surface area contributed by atoms with Gasteiger partial charge in [-0.2, -0.15) is 0 Å². The van der Waals surface area contributed by atoms with Crippen LogP contribution in [0.1, 0.15) is 23.1 Å². The van der Waals surface area contributed by atoms with Crippen molar-refractivity contribution in [2.75, 3.05) is 6.61 Å². The molecule has 10 heteroatoms. The van der Waals surface area contributed by atoms with Crippen molar-refractivity contribution >= 4 is 17.9 Å². The largest absolute Gasteiger partial charge is 0.481 e. The number of aliphatic hydroxyl groups is 1. The van der Waals surface area contributed by atoms with Gasteiger partial charge in [0.25, 0.3) is 0 Å². The molecule has 3 aromatic rings. The molecule has 0 fully saturated rings. The summed E-state index contributed by atoms with van der Waals surface area (Å²) in [5.41, 5.74) is 2.07. The van der Waals surface area contributed by atoms with Crippen molar-refractivity contribution < 1.29 is 34.5 Å². The summed E-state index contributed by atoms with van der Waals surface area (Å²) in [6.45, 7) is -0.872. The fraction of sp³-hybridized carbons (Fsp3) is 0.296. The average molecular weight is 508 g/mol. The standard InChI is InChI=1S/C27H29N3O7/c31-18-24(26(34)35)30(17-19-6-2-1-3-7-19)37-27(36)23(13-21-9-5-11-29-16-21)14-22(25(32)33)12-20-8-4-10-28-15-20/h1-11,15-16,22-24,31H,12-14,17-18H2,(H,32,33)(H,34,35)/t22-,23-,24+/m1/s1. The van der Waals surface area contributed by atoms with Crippen LogP contribution in [-0.4, -0.2) is 60.9 Å². The molecule has 3 atom stereocenters. The molecule has 0 radical (unpaired) electrons. The Morgan fingerprint density at radius 1 is 0.784 bits per heavy atom. The molecule has 0 aliphatic heterocycles. The number of hydrogen-bond donors (Lipinski definition) is 3. The highest BCUT2D eigenvalue weighted by atomic mass is 16.7. The number of hydroxylamine groups is 2. The molecule has 0 aliphatic rings. The molecule has 0 spiro atoms. The van der Waals surface area contributed by atoms with Gasteiger partial charge in [-0.1, -0.05) is 42.5 Å². The second-order valence-electron chi connectivity index (χ2n) is 8.61. The molecule has 2 heterocycles. The van der Waals surface area contributed by atoms with E-state index in [1.54, 1.807) is 79.4 Å². The van der Waals surface area contributed by atoms with Crippen molar-refractivity contribution in [3.8, 4) is 0 Å². The van der Waals surface area contributed by atoms with Gasteiger partial charge >= 0.3 is 17.9 Å². The molecule has 3 rings (SSSR count). The van der Waals surface area contributed by atoms with Crippen molar-refractivity contribution in [1.82, 2.24) is 15.0 Å². The maximum atomic E-state index is 13.4. The predicted molar refractivity (Wildman–Crippen MR) is 132 cm³/mol. The molecule has 1 aromatic carbocycles. The molecule has 0 saturated heterocycles. The number of benzene rings is 1. The highest BCUT2D eigenvalue weighted by Crippen LogP contribution is 2.24. The van der Waals surface area contributed by atoms with Gasteiger partial charge in [0.2, 0.25) is 0 Å². The summed E-state index contributed by atoms with van der Waals surface area (Å²) in [5.74, 6) is -5.08. The Labute approximate surface area is 214 Å². The molecule has 10 nitrogen and oxygen atoms in total. The Hall–Kier alpha value is -4.15. The smallest absolute Gasteiger partial charge is 0.328 e. The van der Waals surface area contributed by atoms with Crippen molar-refractivity contribution in [3.05, 3.63) is 96.1 Å². The zero-order valence-electron chi connectivity index (χ0n) is 20.1. The maximum Gasteiger partial charge on any atom is 0.328 e. The lowest BCUT2D eigenvalue weighted by Crippen LogP contribution is -2.45. The topological polar surface area (TPSA) is 150 Å². The van der Waals surface area contributed by atoms with Crippen LogP contribution in [0.25, 0.3) is 0 Å². The number of aliphatic carboxylic acids is 2. The Bertz CT molecular complexity index is 1150. The van der Waals surface area contributed by atoms with Gasteiger partial charge in [-0.15, -0.1) is 5.06 Å². The Morgan fingerprint density at radius 2 is 1.35 bits per heavy atom. The molecule has 0 aliphatic carbocycles. The second-order valence-corrected chi connectivity index (χ2v) is 8.61. The quantitative estimate of drug-likeness (QED) is 0.278. The van der Waals surface area contributed by atoms with E-state index in [2.05, 4.69) is 9.97 Å². The highest BCUT2D eigenvalue weighted by Gasteiger charge is 2.34. The van der Waals surface area contributed by atoms with Gasteiger partial charge < -0.3 is 20.2 Å². The number of pyridine rings is 2. The van der Waals surface area contributed by atoms with Crippen LogP contribution in [0, 0.1) is 11.8 Å². The summed E-state index contributed by atoms with van der Waals surface area (Å²) in [4.78, 5) is 51.0. The minimum Gasteiger partial charge on any atom is -0.481 e. The van der Waals surface area contributed by atoms with Crippen LogP contribution in [0.4, 0.5) is 0 Å². The fourth-order valence-corrected chi connectivity index (χ4v) is 3.94. The summed E-state index contributed by atoms with van der Waals surface area (Å²) in [7, 11) is 0. The van der Waals surface area contributed by atoms with E-state index in [9.17, 15) is 29.7 Å². The minimum absolute atomic E-state index is 0.0615. The fourth-order valence-electron chi connectivity index (χ4n) is 3.94. The third-order valence-corrected chi connectivity index (χ3v) is 5.86. The van der Waals surface area contributed by atoms with Crippen LogP contribution in [-0.2, 0) is 38.6 Å². The average Bonchev–Trinajstić information content (AvgIpc) is 2.89. The lowest BCUT2D eigenvalue weighted by Gasteiger charge is -2.28. The Balaban J connectivity index is 1.86. The molecular formula is C27H29N3O7. The first kappa shape index (κ1) is 27.4. The molecule has 3 N–H and O–H groups in total. The van der Waals surface area contributed by atoms with E-state index in [0.29, 0.717) is 16.7 Å². The van der Waals surface area contributed by atoms with E-state index in [1.807, 2.05) is 0 Å². The summed E-state index contributed by atoms with van der Waals surface area (Å²) in [6, 6.07) is 14.2. The summed E-state index contributed by atoms with van der Waals surface area (Å²) in [5, 5.41) is 30.1.